The predicted octanol–water partition coefficient (Wildman–Crippen LogP) is 1.93. The van der Waals surface area contributed by atoms with Crippen LogP contribution in [0.4, 0.5) is 0 Å². The van der Waals surface area contributed by atoms with Crippen LogP contribution in [0.5, 0.6) is 11.5 Å². The molecule has 2 aliphatic heterocycles. The lowest BCUT2D eigenvalue weighted by atomic mass is 9.52. The number of nitrogens with zero attached hydrogens (tertiary/aromatic N) is 1. The highest BCUT2D eigenvalue weighted by molar-refractivity contribution is 5.89. The molecule has 1 spiro atoms. The molecule has 4 atom stereocenters. The van der Waals surface area contributed by atoms with Crippen molar-refractivity contribution in [1.29, 1.82) is 0 Å². The van der Waals surface area contributed by atoms with Crippen LogP contribution >= 0.6 is 0 Å². The number of benzene rings is 1. The second-order valence-electron chi connectivity index (χ2n) is 6.47. The Labute approximate surface area is 138 Å². The molecule has 1 aromatic rings. The Hall–Kier alpha value is -1.55. The van der Waals surface area contributed by atoms with E-state index in [0.29, 0.717) is 24.1 Å². The molecule has 1 unspecified atom stereocenters. The van der Waals surface area contributed by atoms with Gasteiger partial charge in [0.15, 0.2) is 23.4 Å². The number of likely N-dealkylation sites (N-methyl/N-ethyl adjacent to an activating group) is 1. The van der Waals surface area contributed by atoms with Gasteiger partial charge in [-0.1, -0.05) is 6.04 Å². The average Bonchev–Trinajstić information content (AvgIpc) is 2.89. The molecular formula is C18H21NO3. The first-order chi connectivity index (χ1) is 13.0. The number of ether oxygens (including phenoxy) is 2. The second-order valence-corrected chi connectivity index (χ2v) is 6.47. The van der Waals surface area contributed by atoms with E-state index in [1.54, 1.807) is 7.05 Å². The number of carbonyl (C=O) groups is 1. The Bertz CT molecular complexity index is 954. The molecule has 0 aromatic heterocycles. The van der Waals surface area contributed by atoms with Gasteiger partial charge in [-0.3, -0.25) is 4.79 Å². The van der Waals surface area contributed by atoms with Crippen molar-refractivity contribution < 1.29 is 22.5 Å². The molecule has 1 aromatic carbocycles. The van der Waals surface area contributed by atoms with Gasteiger partial charge in [0.05, 0.1) is 11.2 Å². The smallest absolute Gasteiger partial charge is 0.174 e. The first-order valence-electron chi connectivity index (χ1n) is 10.6. The van der Waals surface area contributed by atoms with E-state index in [9.17, 15) is 6.17 Å². The van der Waals surface area contributed by atoms with Crippen LogP contribution in [0.3, 0.4) is 0 Å². The zero-order chi connectivity index (χ0) is 20.4. The molecule has 4 aliphatic rings. The van der Waals surface area contributed by atoms with E-state index in [-0.39, 0.29) is 36.4 Å². The lowest BCUT2D eigenvalue weighted by Crippen LogP contribution is -2.65. The van der Waals surface area contributed by atoms with Gasteiger partial charge in [0.25, 0.3) is 0 Å². The summed E-state index contributed by atoms with van der Waals surface area (Å²) in [4.78, 5) is 15.0. The largest absolute Gasteiger partial charge is 0.493 e. The van der Waals surface area contributed by atoms with Crippen molar-refractivity contribution >= 4 is 5.78 Å². The number of ketones is 1. The lowest BCUT2D eigenvalue weighted by molar-refractivity contribution is -0.138. The normalized spacial score (nSPS) is 51.4. The maximum absolute atomic E-state index is 13.2. The van der Waals surface area contributed by atoms with Crippen LogP contribution in [-0.2, 0) is 16.6 Å². The van der Waals surface area contributed by atoms with E-state index in [1.807, 2.05) is 4.90 Å². The maximum atomic E-state index is 13.2. The van der Waals surface area contributed by atoms with Gasteiger partial charge in [0, 0.05) is 27.5 Å². The first kappa shape index (κ1) is 8.34. The summed E-state index contributed by atoms with van der Waals surface area (Å²) >= 11 is 0. The molecule has 2 aliphatic carbocycles. The SMILES string of the molecule is [2H]c1c([2H])c(OC)c2c3c1C[C@]1([2H])[C@@H]4CC([2H])([2H])C(=O)C([2H])(O2)[C@]34CCN1C. The molecule has 0 amide bonds. The fraction of sp³-hybridized carbons (Fsp3) is 0.611. The number of likely N-dealkylation sites (tertiary alicyclic amines) is 1. The van der Waals surface area contributed by atoms with Crippen molar-refractivity contribution in [2.24, 2.45) is 5.92 Å². The number of piperidine rings is 1. The van der Waals surface area contributed by atoms with Crippen LogP contribution in [0.15, 0.2) is 12.1 Å². The van der Waals surface area contributed by atoms with Crippen LogP contribution < -0.4 is 9.47 Å². The summed E-state index contributed by atoms with van der Waals surface area (Å²) in [6, 6.07) is -1.56. The summed E-state index contributed by atoms with van der Waals surface area (Å²) in [6.45, 7) is 0.456. The molecule has 0 radical (unpaired) electrons. The van der Waals surface area contributed by atoms with Gasteiger partial charge in [-0.2, -0.15) is 0 Å². The zero-order valence-corrected chi connectivity index (χ0v) is 12.6. The highest BCUT2D eigenvalue weighted by atomic mass is 16.5. The Morgan fingerprint density at radius 2 is 2.45 bits per heavy atom. The molecule has 4 nitrogen and oxygen atoms in total. The van der Waals surface area contributed by atoms with Gasteiger partial charge in [0.1, 0.15) is 0 Å². The topological polar surface area (TPSA) is 38.8 Å². The molecule has 5 rings (SSSR count). The van der Waals surface area contributed by atoms with Crippen molar-refractivity contribution in [1.82, 2.24) is 4.90 Å². The van der Waals surface area contributed by atoms with Crippen LogP contribution in [0.25, 0.3) is 0 Å². The first-order valence-corrected chi connectivity index (χ1v) is 7.61. The predicted molar refractivity (Wildman–Crippen MR) is 81.6 cm³/mol. The van der Waals surface area contributed by atoms with E-state index in [0.717, 1.165) is 0 Å². The Kier molecular flexibility index (Phi) is 1.53. The number of Topliss-reactive ketones (excluding diaryl/α,β-unsaturated/α-hetero) is 1. The number of carbonyl (C=O) groups excluding carboxylic acids is 1. The van der Waals surface area contributed by atoms with Crippen molar-refractivity contribution in [3.8, 4) is 11.5 Å². The summed E-state index contributed by atoms with van der Waals surface area (Å²) in [5.74, 6) is -1.50. The summed E-state index contributed by atoms with van der Waals surface area (Å²) < 4.78 is 63.0. The summed E-state index contributed by atoms with van der Waals surface area (Å²) in [7, 11) is 3.13. The molecule has 116 valence electrons. The van der Waals surface area contributed by atoms with E-state index in [2.05, 4.69) is 0 Å². The minimum atomic E-state index is -2.29. The molecule has 22 heavy (non-hydrogen) atoms. The van der Waals surface area contributed by atoms with Gasteiger partial charge in [-0.05, 0) is 50.4 Å². The lowest BCUT2D eigenvalue weighted by Gasteiger charge is -2.57. The molecule has 0 N–H and O–H groups in total. The maximum Gasteiger partial charge on any atom is 0.174 e. The second kappa shape index (κ2) is 4.05. The van der Waals surface area contributed by atoms with Gasteiger partial charge >= 0.3 is 0 Å². The third kappa shape index (κ3) is 1.27. The van der Waals surface area contributed by atoms with Crippen molar-refractivity contribution in [2.45, 2.75) is 43.1 Å². The van der Waals surface area contributed by atoms with E-state index in [4.69, 9.17) is 16.3 Å². The average molecular weight is 305 g/mol. The molecule has 1 saturated heterocycles. The highest BCUT2D eigenvalue weighted by Gasteiger charge is 2.65. The molecule has 1 saturated carbocycles. The van der Waals surface area contributed by atoms with Gasteiger partial charge in [-0.15, -0.1) is 0 Å². The molecule has 2 bridgehead atoms. The van der Waals surface area contributed by atoms with Crippen LogP contribution in [0.2, 0.25) is 0 Å². The summed E-state index contributed by atoms with van der Waals surface area (Å²) in [5, 5.41) is 0. The van der Waals surface area contributed by atoms with Crippen molar-refractivity contribution in [3.63, 3.8) is 0 Å². The number of hydrogen-bond acceptors (Lipinski definition) is 4. The number of hydrogen-bond donors (Lipinski definition) is 0. The Morgan fingerprint density at radius 1 is 1.59 bits per heavy atom. The van der Waals surface area contributed by atoms with Gasteiger partial charge in [-0.25, -0.2) is 0 Å². The monoisotopic (exact) mass is 305 g/mol. The molecule has 4 heteroatoms. The Balaban J connectivity index is 1.94. The van der Waals surface area contributed by atoms with Gasteiger partial charge in [0.2, 0.25) is 0 Å². The number of methoxy groups -OCH3 is 1. The highest BCUT2D eigenvalue weighted by Crippen LogP contribution is 2.62. The fourth-order valence-corrected chi connectivity index (χ4v) is 4.69. The molecular weight excluding hydrogens is 278 g/mol. The van der Waals surface area contributed by atoms with Crippen molar-refractivity contribution in [3.05, 3.63) is 23.2 Å². The summed E-state index contributed by atoms with van der Waals surface area (Å²) in [6.07, 6.45) is -4.23. The minimum absolute atomic E-state index is 0.00247. The minimum Gasteiger partial charge on any atom is -0.493 e. The third-order valence-electron chi connectivity index (χ3n) is 5.68. The Morgan fingerprint density at radius 3 is 3.27 bits per heavy atom. The van der Waals surface area contributed by atoms with Gasteiger partial charge < -0.3 is 14.4 Å². The van der Waals surface area contributed by atoms with E-state index < -0.39 is 35.6 Å². The third-order valence-corrected chi connectivity index (χ3v) is 5.68. The molecule has 2 heterocycles. The zero-order valence-electron chi connectivity index (χ0n) is 18.6. The number of rotatable bonds is 1. The van der Waals surface area contributed by atoms with Crippen LogP contribution in [-0.4, -0.2) is 43.5 Å². The van der Waals surface area contributed by atoms with E-state index >= 15 is 0 Å². The summed E-state index contributed by atoms with van der Waals surface area (Å²) in [5.41, 5.74) is -0.253. The van der Waals surface area contributed by atoms with E-state index in [1.165, 1.54) is 7.11 Å². The standard InChI is InChI=1S/C18H21NO3/c1-19-8-7-18-11-4-5-13(20)17(18)22-16-14(21-2)6-3-10(15(16)18)9-12(11)19/h3,6,11-12,17H,4-5,7-9H2,1-2H3/t11-,12+,17?,18-/m0/s1/i3D,5D2,6D,12D,17D. The van der Waals surface area contributed by atoms with Crippen molar-refractivity contribution in [2.75, 3.05) is 20.7 Å². The molecule has 2 fully saturated rings. The fourth-order valence-electron chi connectivity index (χ4n) is 4.69. The van der Waals surface area contributed by atoms with Crippen LogP contribution in [0, 0.1) is 5.92 Å². The quantitative estimate of drug-likeness (QED) is 0.795. The van der Waals surface area contributed by atoms with Crippen LogP contribution in [0.1, 0.15) is 38.6 Å².